The van der Waals surface area contributed by atoms with Gasteiger partial charge in [-0.25, -0.2) is 0 Å². The molecule has 6 amide bonds. The number of carboxylic acid groups (broad SMARTS) is 6. The van der Waals surface area contributed by atoms with Gasteiger partial charge in [0.1, 0.15) is 36.6 Å². The number of hydrogen-bond donors (Lipinski definition) is 0. The van der Waals surface area contributed by atoms with Crippen LogP contribution in [0.3, 0.4) is 0 Å². The summed E-state index contributed by atoms with van der Waals surface area (Å²) in [5.41, 5.74) is 0. The van der Waals surface area contributed by atoms with Crippen molar-refractivity contribution in [1.82, 2.24) is 29.4 Å². The first-order valence-corrected chi connectivity index (χ1v) is 28.1. The molecule has 0 saturated heterocycles. The van der Waals surface area contributed by atoms with Crippen molar-refractivity contribution in [3.05, 3.63) is 0 Å². The number of carbonyl (C=O) groups excluding carboxylic acids is 6. The average Bonchev–Trinajstić information content (AvgIpc) is 3.34. The quantitative estimate of drug-likeness (QED) is 0.0556. The second-order valence-corrected chi connectivity index (χ2v) is 17.8. The van der Waals surface area contributed by atoms with Crippen LogP contribution in [-0.4, -0.2) is 144 Å². The van der Waals surface area contributed by atoms with Crippen molar-refractivity contribution in [3.8, 4) is 0 Å². The summed E-state index contributed by atoms with van der Waals surface area (Å²) in [6.07, 6.45) is 17.2. The molecule has 0 aromatic carbocycles. The predicted octanol–water partition coefficient (Wildman–Crippen LogP) is 7.39. The van der Waals surface area contributed by atoms with E-state index in [2.05, 4.69) is 0 Å². The van der Waals surface area contributed by atoms with Crippen molar-refractivity contribution in [2.45, 2.75) is 237 Å². The van der Waals surface area contributed by atoms with E-state index in [0.29, 0.717) is 78.5 Å². The summed E-state index contributed by atoms with van der Waals surface area (Å²) in [4.78, 5) is 71.5. The molecule has 0 rings (SSSR count). The average molecular weight is 1130 g/mol. The Labute approximate surface area is 460 Å². The first-order valence-electron chi connectivity index (χ1n) is 28.1. The zero-order chi connectivity index (χ0) is 56.4. The molecule has 438 valence electrons. The summed E-state index contributed by atoms with van der Waals surface area (Å²) in [5.74, 6) is 0. The first kappa shape index (κ1) is 83.3. The van der Waals surface area contributed by atoms with Gasteiger partial charge in [-0.2, -0.15) is 0 Å². The van der Waals surface area contributed by atoms with Crippen molar-refractivity contribution < 1.29 is 80.5 Å². The largest absolute Gasteiger partial charge is 0.530 e. The van der Waals surface area contributed by atoms with Gasteiger partial charge in [0.25, 0.3) is 0 Å². The van der Waals surface area contributed by atoms with E-state index in [0.717, 1.165) is 154 Å². The summed E-state index contributed by atoms with van der Waals surface area (Å²) in [6.45, 7) is 32.1. The molecule has 0 atom stereocenters. The summed E-state index contributed by atoms with van der Waals surface area (Å²) in [6, 6.07) is 0. The van der Waals surface area contributed by atoms with Gasteiger partial charge < -0.3 is 88.8 Å². The van der Waals surface area contributed by atoms with Crippen LogP contribution in [0.2, 0.25) is 0 Å². The maximum Gasteiger partial charge on any atom is 0.136 e. The molecule has 0 aliphatic heterocycles. The van der Waals surface area contributed by atoms with Gasteiger partial charge in [0.15, 0.2) is 0 Å². The molecule has 0 aromatic rings. The van der Waals surface area contributed by atoms with Gasteiger partial charge in [-0.05, 0) is 77.0 Å². The molecule has 0 fully saturated rings. The van der Waals surface area contributed by atoms with Gasteiger partial charge in [-0.15, -0.1) is 0 Å². The van der Waals surface area contributed by atoms with Gasteiger partial charge in [-0.3, -0.25) is 0 Å². The summed E-state index contributed by atoms with van der Waals surface area (Å²) < 4.78 is 0. The van der Waals surface area contributed by atoms with Gasteiger partial charge in [0.05, 0.1) is 0 Å². The number of unbranched alkanes of at least 4 members (excludes halogenated alkanes) is 12. The molecule has 18 nitrogen and oxygen atoms in total. The zero-order valence-electron chi connectivity index (χ0n) is 48.4. The standard InChI is InChI=1S/6C9H19NO2.Mo/c6*1-3-5-7-10(9(11)12)8-6-4-2;/h6*3-8H2,1-2H3,(H,11,12);/p-6. The van der Waals surface area contributed by atoms with Crippen molar-refractivity contribution in [2.24, 2.45) is 0 Å². The van der Waals surface area contributed by atoms with Crippen LogP contribution in [0.4, 0.5) is 28.8 Å². The normalized spacial score (nSPS) is 9.70. The van der Waals surface area contributed by atoms with Gasteiger partial charge in [0.2, 0.25) is 0 Å². The Morgan fingerprint density at radius 1 is 0.205 bits per heavy atom. The molecule has 0 heterocycles. The Bertz CT molecular complexity index is 946. The van der Waals surface area contributed by atoms with E-state index in [-0.39, 0.29) is 21.1 Å². The van der Waals surface area contributed by atoms with E-state index in [9.17, 15) is 59.4 Å². The second kappa shape index (κ2) is 66.3. The third-order valence-electron chi connectivity index (χ3n) is 10.9. The van der Waals surface area contributed by atoms with Crippen LogP contribution in [0.25, 0.3) is 0 Å². The number of hydrogen-bond acceptors (Lipinski definition) is 12. The molecule has 0 aliphatic carbocycles. The third-order valence-corrected chi connectivity index (χ3v) is 10.9. The first-order chi connectivity index (χ1) is 34.3. The second-order valence-electron chi connectivity index (χ2n) is 17.8. The maximum absolute atomic E-state index is 10.5. The van der Waals surface area contributed by atoms with Crippen LogP contribution in [0.1, 0.15) is 237 Å². The van der Waals surface area contributed by atoms with E-state index in [4.69, 9.17) is 0 Å². The van der Waals surface area contributed by atoms with Crippen molar-refractivity contribution >= 4 is 36.6 Å². The van der Waals surface area contributed by atoms with Gasteiger partial charge in [0, 0.05) is 99.6 Å². The van der Waals surface area contributed by atoms with Crippen LogP contribution in [0.5, 0.6) is 0 Å². The molecule has 73 heavy (non-hydrogen) atoms. The van der Waals surface area contributed by atoms with Crippen LogP contribution >= 0.6 is 0 Å². The molecular weight excluding hydrogens is 1020 g/mol. The molecule has 0 unspecified atom stereocenters. The molecule has 0 saturated carbocycles. The van der Waals surface area contributed by atoms with Gasteiger partial charge in [-0.1, -0.05) is 160 Å². The Balaban J connectivity index is -0.000000143. The van der Waals surface area contributed by atoms with Crippen molar-refractivity contribution in [2.75, 3.05) is 78.5 Å². The molecular formula is C54H108MoN6O12-6. The van der Waals surface area contributed by atoms with Crippen LogP contribution in [-0.2, 0) is 21.1 Å². The van der Waals surface area contributed by atoms with Crippen molar-refractivity contribution in [1.29, 1.82) is 0 Å². The molecule has 0 aliphatic rings. The zero-order valence-corrected chi connectivity index (χ0v) is 50.5. The number of nitrogens with zero attached hydrogens (tertiary/aromatic N) is 6. The van der Waals surface area contributed by atoms with Crippen molar-refractivity contribution in [3.63, 3.8) is 0 Å². The number of rotatable bonds is 36. The monoisotopic (exact) mass is 1130 g/mol. The molecule has 0 radical (unpaired) electrons. The van der Waals surface area contributed by atoms with E-state index >= 15 is 0 Å². The van der Waals surface area contributed by atoms with Crippen LogP contribution < -0.4 is 30.6 Å². The van der Waals surface area contributed by atoms with Crippen LogP contribution in [0.15, 0.2) is 0 Å². The molecule has 0 bridgehead atoms. The summed E-state index contributed by atoms with van der Waals surface area (Å²) in [7, 11) is 0. The van der Waals surface area contributed by atoms with E-state index in [1.165, 1.54) is 29.4 Å². The van der Waals surface area contributed by atoms with Crippen LogP contribution in [0, 0.1) is 0 Å². The minimum atomic E-state index is -1.03. The fourth-order valence-corrected chi connectivity index (χ4v) is 5.95. The third kappa shape index (κ3) is 64.4. The predicted molar refractivity (Wildman–Crippen MR) is 281 cm³/mol. The molecule has 0 N–H and O–H groups in total. The summed E-state index contributed by atoms with van der Waals surface area (Å²) in [5, 5.41) is 63.2. The number of amides is 6. The topological polar surface area (TPSA) is 260 Å². The molecule has 19 heteroatoms. The smallest absolute Gasteiger partial charge is 0.136 e. The molecule has 0 aromatic heterocycles. The fourth-order valence-electron chi connectivity index (χ4n) is 5.95. The van der Waals surface area contributed by atoms with Gasteiger partial charge >= 0.3 is 0 Å². The minimum absolute atomic E-state index is 0. The Kier molecular flexibility index (Phi) is 75.7. The Morgan fingerprint density at radius 3 is 0.315 bits per heavy atom. The summed E-state index contributed by atoms with van der Waals surface area (Å²) >= 11 is 0. The van der Waals surface area contributed by atoms with E-state index in [1.54, 1.807) is 0 Å². The SMILES string of the molecule is CCCCN(CCCC)C(=O)[O-].CCCCN(CCCC)C(=O)[O-].CCCCN(CCCC)C(=O)[O-].CCCCN(CCCC)C(=O)[O-].CCCCN(CCCC)C(=O)[O-].CCCCN(CCCC)C(=O)[O-].[Mo]. The van der Waals surface area contributed by atoms with E-state index < -0.39 is 36.6 Å². The maximum atomic E-state index is 10.5. The molecule has 0 spiro atoms. The number of carbonyl (C=O) groups is 6. The minimum Gasteiger partial charge on any atom is -0.530 e. The Hall–Kier alpha value is -3.69. The van der Waals surface area contributed by atoms with E-state index in [1.807, 2.05) is 83.1 Å². The fraction of sp³-hybridized carbons (Fsp3) is 0.889. The Morgan fingerprint density at radius 2 is 0.274 bits per heavy atom.